The Kier molecular flexibility index (Phi) is 6.10. The maximum atomic E-state index is 13.5. The van der Waals surface area contributed by atoms with E-state index in [9.17, 15) is 19.2 Å². The Morgan fingerprint density at radius 1 is 0.921 bits per heavy atom. The van der Waals surface area contributed by atoms with Gasteiger partial charge in [-0.05, 0) is 42.7 Å². The molecule has 2 aromatic carbocycles. The van der Waals surface area contributed by atoms with Crippen LogP contribution < -0.4 is 31.4 Å². The second-order valence-electron chi connectivity index (χ2n) is 9.55. The van der Waals surface area contributed by atoms with E-state index in [1.165, 1.54) is 4.57 Å². The number of ether oxygens (including phenoxy) is 2. The highest BCUT2D eigenvalue weighted by Gasteiger charge is 2.24. The number of hydrogen-bond donors (Lipinski definition) is 2. The number of hydrogen-bond acceptors (Lipinski definition) is 7. The summed E-state index contributed by atoms with van der Waals surface area (Å²) in [5, 5.41) is 6.23. The molecule has 11 nitrogen and oxygen atoms in total. The monoisotopic (exact) mass is 518 g/mol. The molecule has 0 unspecified atom stereocenters. The van der Waals surface area contributed by atoms with Gasteiger partial charge in [0, 0.05) is 18.0 Å². The molecular weight excluding hydrogens is 492 g/mol. The summed E-state index contributed by atoms with van der Waals surface area (Å²) in [6.07, 6.45) is 3.81. The fourth-order valence-corrected chi connectivity index (χ4v) is 5.12. The number of nitrogens with zero attached hydrogens (tertiary/aromatic N) is 2. The summed E-state index contributed by atoms with van der Waals surface area (Å²) in [7, 11) is 0. The average molecular weight is 519 g/mol. The molecule has 0 bridgehead atoms. The maximum Gasteiger partial charge on any atom is 0.332 e. The van der Waals surface area contributed by atoms with Crippen LogP contribution in [0.5, 0.6) is 11.5 Å². The van der Waals surface area contributed by atoms with Crippen LogP contribution in [0.3, 0.4) is 0 Å². The summed E-state index contributed by atoms with van der Waals surface area (Å²) in [6.45, 7) is -0.478. The van der Waals surface area contributed by atoms with Crippen molar-refractivity contribution in [1.82, 2.24) is 19.8 Å². The quantitative estimate of drug-likeness (QED) is 0.382. The van der Waals surface area contributed by atoms with Gasteiger partial charge in [0.1, 0.15) is 24.2 Å². The zero-order chi connectivity index (χ0) is 26.2. The lowest BCUT2D eigenvalue weighted by atomic mass is 10.2. The van der Waals surface area contributed by atoms with E-state index in [1.807, 2.05) is 6.07 Å². The first-order valence-corrected chi connectivity index (χ1v) is 12.6. The van der Waals surface area contributed by atoms with Crippen LogP contribution in [-0.4, -0.2) is 33.8 Å². The van der Waals surface area contributed by atoms with E-state index in [-0.39, 0.29) is 37.0 Å². The molecule has 196 valence electrons. The van der Waals surface area contributed by atoms with Crippen molar-refractivity contribution in [1.29, 1.82) is 0 Å². The van der Waals surface area contributed by atoms with Crippen molar-refractivity contribution in [3.63, 3.8) is 0 Å². The maximum absolute atomic E-state index is 13.5. The van der Waals surface area contributed by atoms with Crippen LogP contribution in [0.25, 0.3) is 22.1 Å². The first kappa shape index (κ1) is 23.8. The van der Waals surface area contributed by atoms with Crippen molar-refractivity contribution in [3.05, 3.63) is 68.9 Å². The number of para-hydroxylation sites is 1. The highest BCUT2D eigenvalue weighted by molar-refractivity contribution is 6.02. The number of nitrogens with one attached hydrogen (secondary N) is 2. The van der Waals surface area contributed by atoms with Crippen molar-refractivity contribution in [2.75, 3.05) is 6.79 Å². The highest BCUT2D eigenvalue weighted by atomic mass is 16.7. The van der Waals surface area contributed by atoms with Gasteiger partial charge in [0.05, 0.1) is 0 Å². The lowest BCUT2D eigenvalue weighted by molar-refractivity contribution is -0.122. The molecular formula is C27H26N4O7. The number of fused-ring (bicyclic) bond motifs is 4. The molecule has 0 saturated heterocycles. The van der Waals surface area contributed by atoms with Gasteiger partial charge in [-0.1, -0.05) is 31.0 Å². The van der Waals surface area contributed by atoms with Crippen molar-refractivity contribution in [2.24, 2.45) is 0 Å². The minimum atomic E-state index is -0.756. The lowest BCUT2D eigenvalue weighted by Gasteiger charge is -2.14. The number of aromatic nitrogens is 2. The van der Waals surface area contributed by atoms with Crippen LogP contribution in [0.1, 0.15) is 31.2 Å². The number of furan rings is 1. The molecule has 1 saturated carbocycles. The van der Waals surface area contributed by atoms with Crippen LogP contribution in [-0.2, 0) is 29.2 Å². The molecule has 1 fully saturated rings. The molecule has 6 rings (SSSR count). The minimum absolute atomic E-state index is 0.0392. The molecule has 0 spiro atoms. The van der Waals surface area contributed by atoms with E-state index in [2.05, 4.69) is 10.6 Å². The van der Waals surface area contributed by atoms with Gasteiger partial charge >= 0.3 is 5.69 Å². The van der Waals surface area contributed by atoms with Crippen LogP contribution in [0, 0.1) is 0 Å². The van der Waals surface area contributed by atoms with E-state index in [0.29, 0.717) is 22.5 Å². The summed E-state index contributed by atoms with van der Waals surface area (Å²) < 4.78 is 18.5. The standard InChI is InChI=1S/C27H26N4O7/c32-22(28-12-16-9-10-20-21(11-16)37-15-36-20)13-30-24-18-7-3-4-8-19(18)38-25(24)26(34)31(27(30)35)14-23(33)29-17-5-1-2-6-17/h3-4,7-11,17H,1-2,5-6,12-15H2,(H,28,32)(H,29,33). The van der Waals surface area contributed by atoms with Crippen molar-refractivity contribution >= 4 is 33.9 Å². The Bertz CT molecular complexity index is 1680. The predicted molar refractivity (Wildman–Crippen MR) is 137 cm³/mol. The number of carbonyl (C=O) groups excluding carboxylic acids is 2. The minimum Gasteiger partial charge on any atom is -0.454 e. The van der Waals surface area contributed by atoms with E-state index < -0.39 is 29.6 Å². The highest BCUT2D eigenvalue weighted by Crippen LogP contribution is 2.32. The Morgan fingerprint density at radius 3 is 2.53 bits per heavy atom. The van der Waals surface area contributed by atoms with Gasteiger partial charge in [0.25, 0.3) is 5.56 Å². The van der Waals surface area contributed by atoms with Gasteiger partial charge in [-0.15, -0.1) is 0 Å². The Labute approximate surface area is 215 Å². The Hall–Kier alpha value is -4.54. The molecule has 4 aromatic rings. The third-order valence-electron chi connectivity index (χ3n) is 6.99. The van der Waals surface area contributed by atoms with Gasteiger partial charge in [-0.3, -0.25) is 19.0 Å². The molecule has 2 N–H and O–H groups in total. The van der Waals surface area contributed by atoms with Crippen LogP contribution in [0.4, 0.5) is 0 Å². The summed E-state index contributed by atoms with van der Waals surface area (Å²) in [5.74, 6) is 0.366. The van der Waals surface area contributed by atoms with E-state index in [4.69, 9.17) is 13.9 Å². The molecule has 0 atom stereocenters. The molecule has 0 radical (unpaired) electrons. The van der Waals surface area contributed by atoms with Gasteiger partial charge in [0.15, 0.2) is 11.5 Å². The summed E-state index contributed by atoms with van der Waals surface area (Å²) >= 11 is 0. The van der Waals surface area contributed by atoms with E-state index in [1.54, 1.807) is 36.4 Å². The molecule has 1 aliphatic carbocycles. The molecule has 11 heteroatoms. The molecule has 2 amide bonds. The smallest absolute Gasteiger partial charge is 0.332 e. The van der Waals surface area contributed by atoms with Gasteiger partial charge in [0.2, 0.25) is 24.2 Å². The zero-order valence-electron chi connectivity index (χ0n) is 20.5. The summed E-state index contributed by atoms with van der Waals surface area (Å²) in [6, 6.07) is 12.3. The summed E-state index contributed by atoms with van der Waals surface area (Å²) in [5.41, 5.74) is -0.123. The second kappa shape index (κ2) is 9.73. The van der Waals surface area contributed by atoms with Crippen molar-refractivity contribution < 1.29 is 23.5 Å². The summed E-state index contributed by atoms with van der Waals surface area (Å²) in [4.78, 5) is 52.5. The molecule has 38 heavy (non-hydrogen) atoms. The predicted octanol–water partition coefficient (Wildman–Crippen LogP) is 2.01. The van der Waals surface area contributed by atoms with E-state index in [0.717, 1.165) is 35.8 Å². The third-order valence-corrected chi connectivity index (χ3v) is 6.99. The van der Waals surface area contributed by atoms with Crippen molar-refractivity contribution in [2.45, 2.75) is 51.4 Å². The zero-order valence-corrected chi connectivity index (χ0v) is 20.5. The normalized spacial score (nSPS) is 14.8. The molecule has 1 aliphatic heterocycles. The number of carbonyl (C=O) groups is 2. The van der Waals surface area contributed by atoms with E-state index >= 15 is 0 Å². The lowest BCUT2D eigenvalue weighted by Crippen LogP contribution is -2.46. The van der Waals surface area contributed by atoms with Gasteiger partial charge < -0.3 is 24.5 Å². The van der Waals surface area contributed by atoms with Crippen LogP contribution in [0.15, 0.2) is 56.5 Å². The average Bonchev–Trinajstić information content (AvgIpc) is 3.67. The largest absolute Gasteiger partial charge is 0.454 e. The molecule has 2 aliphatic rings. The number of rotatable bonds is 7. The van der Waals surface area contributed by atoms with Crippen molar-refractivity contribution in [3.8, 4) is 11.5 Å². The topological polar surface area (TPSA) is 134 Å². The van der Waals surface area contributed by atoms with Gasteiger partial charge in [-0.25, -0.2) is 9.36 Å². The first-order chi connectivity index (χ1) is 18.5. The fourth-order valence-electron chi connectivity index (χ4n) is 5.12. The Balaban J connectivity index is 1.31. The molecule has 2 aromatic heterocycles. The van der Waals surface area contributed by atoms with Gasteiger partial charge in [-0.2, -0.15) is 0 Å². The fraction of sp³-hybridized carbons (Fsp3) is 0.333. The van der Waals surface area contributed by atoms with Crippen LogP contribution in [0.2, 0.25) is 0 Å². The number of benzene rings is 2. The SMILES string of the molecule is O=C(Cn1c(=O)n(CC(=O)NC2CCCC2)c(=O)c2oc3ccccc3c21)NCc1ccc2c(c1)OCO2. The molecule has 3 heterocycles. The Morgan fingerprint density at radius 2 is 1.68 bits per heavy atom. The third kappa shape index (κ3) is 4.40. The first-order valence-electron chi connectivity index (χ1n) is 12.6. The number of amides is 2. The second-order valence-corrected chi connectivity index (χ2v) is 9.55. The van der Waals surface area contributed by atoms with Crippen LogP contribution >= 0.6 is 0 Å².